The Morgan fingerprint density at radius 2 is 1.96 bits per heavy atom. The Hall–Kier alpha value is -2.09. The van der Waals surface area contributed by atoms with Crippen molar-refractivity contribution < 1.29 is 23.5 Å². The molecule has 23 heavy (non-hydrogen) atoms. The highest BCUT2D eigenvalue weighted by Crippen LogP contribution is 2.13. The Labute approximate surface area is 138 Å². The lowest BCUT2D eigenvalue weighted by Crippen LogP contribution is -2.36. The number of halogens is 1. The fourth-order valence-electron chi connectivity index (χ4n) is 1.58. The van der Waals surface area contributed by atoms with Gasteiger partial charge in [0.15, 0.2) is 6.10 Å². The molecular formula is C15H19FN2O4S. The van der Waals surface area contributed by atoms with Crippen molar-refractivity contribution in [3.63, 3.8) is 0 Å². The van der Waals surface area contributed by atoms with Crippen LogP contribution in [0.1, 0.15) is 13.8 Å². The molecule has 0 aliphatic carbocycles. The number of hydrogen-bond acceptors (Lipinski definition) is 5. The molecule has 0 unspecified atom stereocenters. The van der Waals surface area contributed by atoms with Crippen molar-refractivity contribution >= 4 is 35.2 Å². The average Bonchev–Trinajstić information content (AvgIpc) is 2.49. The molecule has 2 N–H and O–H groups in total. The molecule has 0 heterocycles. The standard InChI is InChI=1S/C15H19FN2O4S/c1-3-17-15(21)10(2)22-14(20)9-23-8-13(19)18-12-7-5-4-6-11(12)16/h4-7,10H,3,8-9H2,1-2H3,(H,17,21)(H,18,19)/t10-/m1/s1. The monoisotopic (exact) mass is 342 g/mol. The molecule has 0 radical (unpaired) electrons. The minimum absolute atomic E-state index is 0.0288. The van der Waals surface area contributed by atoms with Gasteiger partial charge in [-0.05, 0) is 26.0 Å². The molecule has 6 nitrogen and oxygen atoms in total. The van der Waals surface area contributed by atoms with Crippen LogP contribution in [-0.2, 0) is 19.1 Å². The molecule has 1 aromatic carbocycles. The fraction of sp³-hybridized carbons (Fsp3) is 0.400. The highest BCUT2D eigenvalue weighted by molar-refractivity contribution is 8.00. The van der Waals surface area contributed by atoms with E-state index in [2.05, 4.69) is 10.6 Å². The molecule has 8 heteroatoms. The minimum atomic E-state index is -0.879. The minimum Gasteiger partial charge on any atom is -0.452 e. The van der Waals surface area contributed by atoms with Gasteiger partial charge in [0.25, 0.3) is 5.91 Å². The lowest BCUT2D eigenvalue weighted by Gasteiger charge is -2.12. The Bertz CT molecular complexity index is 568. The summed E-state index contributed by atoms with van der Waals surface area (Å²) in [6.07, 6.45) is -0.879. The third-order valence-electron chi connectivity index (χ3n) is 2.63. The lowest BCUT2D eigenvalue weighted by molar-refractivity contribution is -0.152. The van der Waals surface area contributed by atoms with E-state index in [1.807, 2.05) is 0 Å². The summed E-state index contributed by atoms with van der Waals surface area (Å²) in [5.41, 5.74) is 0.0885. The predicted molar refractivity (Wildman–Crippen MR) is 86.6 cm³/mol. The number of para-hydroxylation sites is 1. The van der Waals surface area contributed by atoms with E-state index in [0.717, 1.165) is 11.8 Å². The Kier molecular flexibility index (Phi) is 8.10. The van der Waals surface area contributed by atoms with Crippen molar-refractivity contribution in [1.82, 2.24) is 5.32 Å². The summed E-state index contributed by atoms with van der Waals surface area (Å²) in [6.45, 7) is 3.68. The van der Waals surface area contributed by atoms with E-state index in [1.165, 1.54) is 25.1 Å². The van der Waals surface area contributed by atoms with Gasteiger partial charge in [-0.1, -0.05) is 12.1 Å². The van der Waals surface area contributed by atoms with Crippen molar-refractivity contribution in [3.8, 4) is 0 Å². The van der Waals surface area contributed by atoms with Crippen molar-refractivity contribution in [2.45, 2.75) is 20.0 Å². The zero-order chi connectivity index (χ0) is 17.2. The smallest absolute Gasteiger partial charge is 0.316 e. The molecule has 1 rings (SSSR count). The van der Waals surface area contributed by atoms with Gasteiger partial charge in [-0.25, -0.2) is 4.39 Å². The number of carbonyl (C=O) groups excluding carboxylic acids is 3. The van der Waals surface area contributed by atoms with E-state index in [-0.39, 0.29) is 23.1 Å². The van der Waals surface area contributed by atoms with Crippen molar-refractivity contribution in [1.29, 1.82) is 0 Å². The summed E-state index contributed by atoms with van der Waals surface area (Å²) >= 11 is 1.02. The van der Waals surface area contributed by atoms with Gasteiger partial charge in [-0.2, -0.15) is 0 Å². The number of thioether (sulfide) groups is 1. The number of ether oxygens (including phenoxy) is 1. The number of rotatable bonds is 8. The second kappa shape index (κ2) is 9.83. The number of hydrogen-bond donors (Lipinski definition) is 2. The van der Waals surface area contributed by atoms with E-state index in [1.54, 1.807) is 13.0 Å². The van der Waals surface area contributed by atoms with Crippen molar-refractivity contribution in [2.24, 2.45) is 0 Å². The first-order valence-electron chi connectivity index (χ1n) is 7.03. The van der Waals surface area contributed by atoms with E-state index in [4.69, 9.17) is 4.74 Å². The zero-order valence-corrected chi connectivity index (χ0v) is 13.7. The number of likely N-dealkylation sites (N-methyl/N-ethyl adjacent to an activating group) is 1. The Morgan fingerprint density at radius 3 is 2.61 bits per heavy atom. The summed E-state index contributed by atoms with van der Waals surface area (Å²) in [6, 6.07) is 5.81. The highest BCUT2D eigenvalue weighted by Gasteiger charge is 2.17. The number of nitrogens with one attached hydrogen (secondary N) is 2. The van der Waals surface area contributed by atoms with E-state index < -0.39 is 23.8 Å². The summed E-state index contributed by atoms with van der Waals surface area (Å²) in [5, 5.41) is 4.94. The maximum absolute atomic E-state index is 13.3. The van der Waals surface area contributed by atoms with E-state index in [9.17, 15) is 18.8 Å². The van der Waals surface area contributed by atoms with Crippen molar-refractivity contribution in [3.05, 3.63) is 30.1 Å². The second-order valence-corrected chi connectivity index (χ2v) is 5.53. The molecular weight excluding hydrogens is 323 g/mol. The van der Waals surface area contributed by atoms with Crippen LogP contribution >= 0.6 is 11.8 Å². The molecule has 0 fully saturated rings. The fourth-order valence-corrected chi connectivity index (χ4v) is 2.17. The third kappa shape index (κ3) is 7.14. The second-order valence-electron chi connectivity index (χ2n) is 4.55. The number of anilines is 1. The Balaban J connectivity index is 2.28. The molecule has 0 saturated carbocycles. The first kappa shape index (κ1) is 19.0. The SMILES string of the molecule is CCNC(=O)[C@@H](C)OC(=O)CSCC(=O)Nc1ccccc1F. The Morgan fingerprint density at radius 1 is 1.26 bits per heavy atom. The van der Waals surface area contributed by atoms with Crippen LogP contribution < -0.4 is 10.6 Å². The predicted octanol–water partition coefficient (Wildman–Crippen LogP) is 1.57. The molecule has 0 aromatic heterocycles. The van der Waals surface area contributed by atoms with Gasteiger partial charge in [-0.15, -0.1) is 11.8 Å². The summed E-state index contributed by atoms with van der Waals surface area (Å²) in [5.74, 6) is -2.02. The number of amides is 2. The van der Waals surface area contributed by atoms with Gasteiger partial charge in [0, 0.05) is 6.54 Å². The van der Waals surface area contributed by atoms with Crippen LogP contribution in [0, 0.1) is 5.82 Å². The van der Waals surface area contributed by atoms with Crippen LogP contribution in [-0.4, -0.2) is 41.9 Å². The third-order valence-corrected chi connectivity index (χ3v) is 3.54. The quantitative estimate of drug-likeness (QED) is 0.701. The molecule has 0 aliphatic heterocycles. The first-order chi connectivity index (χ1) is 10.9. The van der Waals surface area contributed by atoms with Crippen LogP contribution in [0.5, 0.6) is 0 Å². The maximum Gasteiger partial charge on any atom is 0.316 e. The van der Waals surface area contributed by atoms with Crippen LogP contribution in [0.25, 0.3) is 0 Å². The molecule has 0 spiro atoms. The van der Waals surface area contributed by atoms with Gasteiger partial charge in [0.1, 0.15) is 5.82 Å². The van der Waals surface area contributed by atoms with Crippen LogP contribution in [0.15, 0.2) is 24.3 Å². The van der Waals surface area contributed by atoms with E-state index in [0.29, 0.717) is 6.54 Å². The average molecular weight is 342 g/mol. The molecule has 0 bridgehead atoms. The highest BCUT2D eigenvalue weighted by atomic mass is 32.2. The van der Waals surface area contributed by atoms with Crippen molar-refractivity contribution in [2.75, 3.05) is 23.4 Å². The first-order valence-corrected chi connectivity index (χ1v) is 8.18. The summed E-state index contributed by atoms with van der Waals surface area (Å²) in [7, 11) is 0. The molecule has 2 amide bonds. The molecule has 0 aliphatic rings. The maximum atomic E-state index is 13.3. The van der Waals surface area contributed by atoms with Gasteiger partial charge in [-0.3, -0.25) is 14.4 Å². The van der Waals surface area contributed by atoms with Gasteiger partial charge in [0.2, 0.25) is 5.91 Å². The summed E-state index contributed by atoms with van der Waals surface area (Å²) < 4.78 is 18.3. The number of carbonyl (C=O) groups is 3. The molecule has 0 saturated heterocycles. The van der Waals surface area contributed by atoms with Crippen LogP contribution in [0.2, 0.25) is 0 Å². The van der Waals surface area contributed by atoms with Gasteiger partial charge < -0.3 is 15.4 Å². The largest absolute Gasteiger partial charge is 0.452 e. The lowest BCUT2D eigenvalue weighted by atomic mass is 10.3. The van der Waals surface area contributed by atoms with Gasteiger partial charge in [0.05, 0.1) is 17.2 Å². The van der Waals surface area contributed by atoms with Gasteiger partial charge >= 0.3 is 5.97 Å². The normalized spacial score (nSPS) is 11.4. The van der Waals surface area contributed by atoms with Crippen LogP contribution in [0.4, 0.5) is 10.1 Å². The molecule has 1 aromatic rings. The topological polar surface area (TPSA) is 84.5 Å². The summed E-state index contributed by atoms with van der Waals surface area (Å²) in [4.78, 5) is 34.6. The molecule has 126 valence electrons. The number of benzene rings is 1. The molecule has 1 atom stereocenters. The van der Waals surface area contributed by atoms with E-state index >= 15 is 0 Å². The van der Waals surface area contributed by atoms with Crippen LogP contribution in [0.3, 0.4) is 0 Å². The number of esters is 1. The zero-order valence-electron chi connectivity index (χ0n) is 12.9.